The normalized spacial score (nSPS) is 18.6. The number of nitrogens with zero attached hydrogens (tertiary/aromatic N) is 2. The lowest BCUT2D eigenvalue weighted by molar-refractivity contribution is -0.0636. The molecular formula is C10H22N4O6S. The summed E-state index contributed by atoms with van der Waals surface area (Å²) < 4.78 is 39.4. The Balaban J connectivity index is 0.00000400. The summed E-state index contributed by atoms with van der Waals surface area (Å²) in [5.41, 5.74) is 11.1. The van der Waals surface area contributed by atoms with Crippen molar-refractivity contribution in [1.29, 1.82) is 0 Å². The van der Waals surface area contributed by atoms with Gasteiger partial charge in [0, 0.05) is 6.08 Å². The van der Waals surface area contributed by atoms with E-state index in [2.05, 4.69) is 16.2 Å². The Labute approximate surface area is 123 Å². The second-order valence-corrected chi connectivity index (χ2v) is 5.19. The Bertz CT molecular complexity index is 478. The zero-order chi connectivity index (χ0) is 15.2. The molecule has 21 heavy (non-hydrogen) atoms. The number of unbranched alkanes of at least 4 members (excludes halogenated alkanes) is 3. The Morgan fingerprint density at radius 1 is 1.43 bits per heavy atom. The van der Waals surface area contributed by atoms with Crippen molar-refractivity contribution >= 4 is 16.3 Å². The highest BCUT2D eigenvalue weighted by Gasteiger charge is 2.26. The molecule has 1 aliphatic rings. The second kappa shape index (κ2) is 8.79. The van der Waals surface area contributed by atoms with Crippen molar-refractivity contribution < 1.29 is 27.5 Å². The quantitative estimate of drug-likeness (QED) is 0.405. The van der Waals surface area contributed by atoms with E-state index >= 15 is 0 Å². The summed E-state index contributed by atoms with van der Waals surface area (Å²) in [5.74, 6) is 0.0652. The largest absolute Gasteiger partial charge is 0.478 e. The Hall–Kier alpha value is -1.40. The first-order chi connectivity index (χ1) is 9.33. The van der Waals surface area contributed by atoms with Crippen LogP contribution in [-0.2, 0) is 19.4 Å². The lowest BCUT2D eigenvalue weighted by Gasteiger charge is -2.28. The molecule has 0 radical (unpaired) electrons. The van der Waals surface area contributed by atoms with E-state index in [4.69, 9.17) is 20.8 Å². The molecule has 0 spiro atoms. The molecule has 0 bridgehead atoms. The summed E-state index contributed by atoms with van der Waals surface area (Å²) in [6.45, 7) is 2.58. The molecule has 0 aromatic rings. The first-order valence-corrected chi connectivity index (χ1v) is 7.59. The minimum absolute atomic E-state index is 0. The summed E-state index contributed by atoms with van der Waals surface area (Å²) in [6, 6.07) is 0. The van der Waals surface area contributed by atoms with Crippen molar-refractivity contribution in [2.75, 3.05) is 6.61 Å². The van der Waals surface area contributed by atoms with Gasteiger partial charge in [-0.25, -0.2) is 4.99 Å². The van der Waals surface area contributed by atoms with Gasteiger partial charge in [0.1, 0.15) is 5.82 Å². The topological polar surface area (TPSA) is 172 Å². The molecule has 124 valence electrons. The maximum atomic E-state index is 10.6. The van der Waals surface area contributed by atoms with Crippen LogP contribution in [0.3, 0.4) is 0 Å². The van der Waals surface area contributed by atoms with Gasteiger partial charge in [0.15, 0.2) is 0 Å². The smallest absolute Gasteiger partial charge is 0.418 e. The van der Waals surface area contributed by atoms with Crippen molar-refractivity contribution in [1.82, 2.24) is 5.06 Å². The minimum Gasteiger partial charge on any atom is -0.478 e. The predicted molar refractivity (Wildman–Crippen MR) is 75.9 cm³/mol. The van der Waals surface area contributed by atoms with Gasteiger partial charge in [0.25, 0.3) is 0 Å². The van der Waals surface area contributed by atoms with E-state index < -0.39 is 16.7 Å². The standard InChI is InChI=1S/C10H20N4O5S.H2O/c1-2-3-4-5-6-18-9-7-8(11)14(10(12)13-9)19-20(15,16)17;/h7,10H,2-6,11-12H2,1H3,(H,15,16,17);1H2. The van der Waals surface area contributed by atoms with Crippen molar-refractivity contribution in [3.05, 3.63) is 11.9 Å². The van der Waals surface area contributed by atoms with Crippen LogP contribution in [0.5, 0.6) is 0 Å². The van der Waals surface area contributed by atoms with Gasteiger partial charge in [-0.3, -0.25) is 10.3 Å². The maximum Gasteiger partial charge on any atom is 0.418 e. The molecule has 0 aromatic carbocycles. The third kappa shape index (κ3) is 7.24. The Morgan fingerprint density at radius 3 is 2.62 bits per heavy atom. The van der Waals surface area contributed by atoms with Gasteiger partial charge < -0.3 is 15.9 Å². The van der Waals surface area contributed by atoms with Gasteiger partial charge in [0.2, 0.25) is 12.2 Å². The number of ether oxygens (including phenoxy) is 1. The van der Waals surface area contributed by atoms with Crippen LogP contribution >= 0.6 is 0 Å². The van der Waals surface area contributed by atoms with Crippen molar-refractivity contribution in [2.24, 2.45) is 16.5 Å². The first kappa shape index (κ1) is 19.6. The summed E-state index contributed by atoms with van der Waals surface area (Å²) in [6.07, 6.45) is 4.24. The molecule has 7 N–H and O–H groups in total. The van der Waals surface area contributed by atoms with E-state index in [9.17, 15) is 8.42 Å². The van der Waals surface area contributed by atoms with Crippen LogP contribution in [-0.4, -0.2) is 42.3 Å². The summed E-state index contributed by atoms with van der Waals surface area (Å²) in [7, 11) is -4.72. The van der Waals surface area contributed by atoms with Crippen molar-refractivity contribution in [2.45, 2.75) is 38.9 Å². The number of nitrogens with two attached hydrogens (primary N) is 2. The molecule has 1 atom stereocenters. The van der Waals surface area contributed by atoms with E-state index in [-0.39, 0.29) is 17.2 Å². The minimum atomic E-state index is -4.72. The van der Waals surface area contributed by atoms with Crippen molar-refractivity contribution in [3.8, 4) is 0 Å². The molecule has 10 nitrogen and oxygen atoms in total. The fraction of sp³-hybridized carbons (Fsp3) is 0.700. The van der Waals surface area contributed by atoms with Gasteiger partial charge in [0.05, 0.1) is 6.61 Å². The summed E-state index contributed by atoms with van der Waals surface area (Å²) in [4.78, 5) is 3.86. The molecule has 0 amide bonds. The Morgan fingerprint density at radius 2 is 2.10 bits per heavy atom. The zero-order valence-corrected chi connectivity index (χ0v) is 12.5. The van der Waals surface area contributed by atoms with Crippen LogP contribution in [0.2, 0.25) is 0 Å². The van der Waals surface area contributed by atoms with Crippen LogP contribution in [0, 0.1) is 0 Å². The average Bonchev–Trinajstić information content (AvgIpc) is 2.32. The van der Waals surface area contributed by atoms with E-state index in [0.29, 0.717) is 11.7 Å². The molecule has 0 saturated carbocycles. The molecule has 0 aliphatic carbocycles. The van der Waals surface area contributed by atoms with Crippen LogP contribution in [0.1, 0.15) is 32.6 Å². The molecule has 11 heteroatoms. The highest BCUT2D eigenvalue weighted by atomic mass is 32.3. The van der Waals surface area contributed by atoms with Gasteiger partial charge in [-0.2, -0.15) is 13.5 Å². The van der Waals surface area contributed by atoms with Crippen LogP contribution in [0.25, 0.3) is 0 Å². The average molecular weight is 326 g/mol. The SMILES string of the molecule is CCCCCCOC1=NC(N)N(OS(=O)(=O)O)C(N)=C1.O. The van der Waals surface area contributed by atoms with Gasteiger partial charge in [-0.05, 0) is 6.42 Å². The lowest BCUT2D eigenvalue weighted by atomic mass is 10.2. The molecule has 0 saturated heterocycles. The fourth-order valence-electron chi connectivity index (χ4n) is 1.54. The van der Waals surface area contributed by atoms with E-state index in [1.54, 1.807) is 0 Å². The van der Waals surface area contributed by atoms with E-state index in [0.717, 1.165) is 25.7 Å². The van der Waals surface area contributed by atoms with Crippen LogP contribution in [0.4, 0.5) is 0 Å². The number of hydrogen-bond acceptors (Lipinski definition) is 8. The second-order valence-electron chi connectivity index (χ2n) is 4.19. The molecular weight excluding hydrogens is 304 g/mol. The number of rotatable bonds is 7. The molecule has 1 rings (SSSR count). The number of hydrogen-bond donors (Lipinski definition) is 3. The number of hydroxylamine groups is 2. The van der Waals surface area contributed by atoms with Gasteiger partial charge in [-0.1, -0.05) is 26.2 Å². The summed E-state index contributed by atoms with van der Waals surface area (Å²) >= 11 is 0. The highest BCUT2D eigenvalue weighted by molar-refractivity contribution is 7.80. The third-order valence-corrected chi connectivity index (χ3v) is 2.80. The molecule has 0 fully saturated rings. The third-order valence-electron chi connectivity index (χ3n) is 2.45. The zero-order valence-electron chi connectivity index (χ0n) is 11.7. The predicted octanol–water partition coefficient (Wildman–Crippen LogP) is -0.750. The molecule has 0 aromatic heterocycles. The fourth-order valence-corrected chi connectivity index (χ4v) is 1.91. The molecule has 1 unspecified atom stereocenters. The maximum absolute atomic E-state index is 10.6. The highest BCUT2D eigenvalue weighted by Crippen LogP contribution is 2.13. The summed E-state index contributed by atoms with van der Waals surface area (Å²) in [5, 5.41) is 0.569. The molecule has 1 aliphatic heterocycles. The van der Waals surface area contributed by atoms with Crippen molar-refractivity contribution in [3.63, 3.8) is 0 Å². The van der Waals surface area contributed by atoms with E-state index in [1.807, 2.05) is 0 Å². The van der Waals surface area contributed by atoms with E-state index in [1.165, 1.54) is 6.08 Å². The monoisotopic (exact) mass is 326 g/mol. The number of aliphatic imine (C=N–C) groups is 1. The Kier molecular flexibility index (Phi) is 8.21. The van der Waals surface area contributed by atoms with Gasteiger partial charge in [-0.15, -0.1) is 4.28 Å². The first-order valence-electron chi connectivity index (χ1n) is 6.23. The lowest BCUT2D eigenvalue weighted by Crippen LogP contribution is -2.46. The van der Waals surface area contributed by atoms with Gasteiger partial charge >= 0.3 is 10.4 Å². The molecule has 1 heterocycles. The van der Waals surface area contributed by atoms with Crippen LogP contribution in [0.15, 0.2) is 16.9 Å². The van der Waals surface area contributed by atoms with Crippen LogP contribution < -0.4 is 11.5 Å².